The SMILES string of the molecule is CCC(C)C(O)CNC(=O)c1nc(C2CC2)n(-c2ccccc2)n1. The lowest BCUT2D eigenvalue weighted by molar-refractivity contribution is 0.0841. The molecule has 1 fully saturated rings. The standard InChI is InChI=1S/C18H24N4O2/c1-3-12(2)15(23)11-19-18(24)16-20-17(13-9-10-13)22(21-16)14-7-5-4-6-8-14/h4-8,12-13,15,23H,3,9-11H2,1-2H3,(H,19,24). The molecule has 2 atom stereocenters. The van der Waals surface area contributed by atoms with E-state index in [2.05, 4.69) is 15.4 Å². The number of aromatic nitrogens is 3. The maximum atomic E-state index is 12.3. The fraction of sp³-hybridized carbons (Fsp3) is 0.500. The molecule has 6 nitrogen and oxygen atoms in total. The molecule has 0 aliphatic heterocycles. The van der Waals surface area contributed by atoms with Gasteiger partial charge in [0.15, 0.2) is 0 Å². The number of carbonyl (C=O) groups is 1. The molecule has 1 heterocycles. The smallest absolute Gasteiger partial charge is 0.291 e. The first-order valence-corrected chi connectivity index (χ1v) is 8.58. The number of aliphatic hydroxyl groups is 1. The fourth-order valence-electron chi connectivity index (χ4n) is 2.53. The predicted molar refractivity (Wildman–Crippen MR) is 91.1 cm³/mol. The van der Waals surface area contributed by atoms with Crippen molar-refractivity contribution in [2.75, 3.05) is 6.54 Å². The van der Waals surface area contributed by atoms with Gasteiger partial charge in [0.05, 0.1) is 11.8 Å². The number of nitrogens with one attached hydrogen (secondary N) is 1. The van der Waals surface area contributed by atoms with Crippen LogP contribution in [-0.4, -0.2) is 38.4 Å². The molecule has 0 bridgehead atoms. The monoisotopic (exact) mass is 328 g/mol. The maximum absolute atomic E-state index is 12.3. The number of aliphatic hydroxyl groups excluding tert-OH is 1. The van der Waals surface area contributed by atoms with E-state index in [1.54, 1.807) is 4.68 Å². The lowest BCUT2D eigenvalue weighted by atomic mass is 10.0. The van der Waals surface area contributed by atoms with Crippen LogP contribution in [-0.2, 0) is 0 Å². The molecule has 2 unspecified atom stereocenters. The van der Waals surface area contributed by atoms with Crippen molar-refractivity contribution in [2.45, 2.75) is 45.1 Å². The van der Waals surface area contributed by atoms with Crippen LogP contribution in [0, 0.1) is 5.92 Å². The minimum Gasteiger partial charge on any atom is -0.391 e. The van der Waals surface area contributed by atoms with E-state index in [0.29, 0.717) is 5.92 Å². The van der Waals surface area contributed by atoms with Crippen LogP contribution in [0.25, 0.3) is 5.69 Å². The van der Waals surface area contributed by atoms with Gasteiger partial charge in [0.25, 0.3) is 5.91 Å². The van der Waals surface area contributed by atoms with Gasteiger partial charge in [0.1, 0.15) is 5.82 Å². The van der Waals surface area contributed by atoms with Crippen LogP contribution in [0.3, 0.4) is 0 Å². The molecular weight excluding hydrogens is 304 g/mol. The van der Waals surface area contributed by atoms with E-state index in [0.717, 1.165) is 30.8 Å². The first kappa shape index (κ1) is 16.6. The zero-order valence-corrected chi connectivity index (χ0v) is 14.1. The van der Waals surface area contributed by atoms with E-state index >= 15 is 0 Å². The van der Waals surface area contributed by atoms with Gasteiger partial charge in [-0.05, 0) is 30.9 Å². The third kappa shape index (κ3) is 3.64. The van der Waals surface area contributed by atoms with Crippen LogP contribution < -0.4 is 5.32 Å². The highest BCUT2D eigenvalue weighted by Gasteiger charge is 2.31. The zero-order valence-electron chi connectivity index (χ0n) is 14.1. The lowest BCUT2D eigenvalue weighted by Gasteiger charge is -2.16. The van der Waals surface area contributed by atoms with Crippen LogP contribution in [0.1, 0.15) is 55.5 Å². The summed E-state index contributed by atoms with van der Waals surface area (Å²) in [5.41, 5.74) is 0.908. The maximum Gasteiger partial charge on any atom is 0.291 e. The summed E-state index contributed by atoms with van der Waals surface area (Å²) in [7, 11) is 0. The third-order valence-corrected chi connectivity index (χ3v) is 4.55. The molecular formula is C18H24N4O2. The average molecular weight is 328 g/mol. The molecule has 128 valence electrons. The van der Waals surface area contributed by atoms with E-state index in [1.807, 2.05) is 44.2 Å². The van der Waals surface area contributed by atoms with E-state index in [-0.39, 0.29) is 24.2 Å². The van der Waals surface area contributed by atoms with E-state index in [1.165, 1.54) is 0 Å². The molecule has 0 spiro atoms. The van der Waals surface area contributed by atoms with Gasteiger partial charge in [-0.15, -0.1) is 5.10 Å². The van der Waals surface area contributed by atoms with E-state index < -0.39 is 6.10 Å². The van der Waals surface area contributed by atoms with E-state index in [9.17, 15) is 9.90 Å². The van der Waals surface area contributed by atoms with E-state index in [4.69, 9.17) is 0 Å². The highest BCUT2D eigenvalue weighted by Crippen LogP contribution is 2.39. The van der Waals surface area contributed by atoms with Crippen molar-refractivity contribution in [3.8, 4) is 5.69 Å². The van der Waals surface area contributed by atoms with Gasteiger partial charge in [-0.2, -0.15) is 0 Å². The lowest BCUT2D eigenvalue weighted by Crippen LogP contribution is -2.35. The molecule has 24 heavy (non-hydrogen) atoms. The molecule has 1 aliphatic carbocycles. The molecule has 1 saturated carbocycles. The summed E-state index contributed by atoms with van der Waals surface area (Å²) in [6, 6.07) is 9.73. The second kappa shape index (κ2) is 7.13. The summed E-state index contributed by atoms with van der Waals surface area (Å²) in [5, 5.41) is 17.1. The Kier molecular flexibility index (Phi) is 4.94. The number of benzene rings is 1. The molecule has 2 N–H and O–H groups in total. The summed E-state index contributed by atoms with van der Waals surface area (Å²) in [4.78, 5) is 16.8. The molecule has 0 radical (unpaired) electrons. The zero-order chi connectivity index (χ0) is 17.1. The van der Waals surface area contributed by atoms with Gasteiger partial charge in [-0.25, -0.2) is 9.67 Å². The number of para-hydroxylation sites is 1. The van der Waals surface area contributed by atoms with Gasteiger partial charge in [0.2, 0.25) is 5.82 Å². The molecule has 1 amide bonds. The second-order valence-electron chi connectivity index (χ2n) is 6.48. The summed E-state index contributed by atoms with van der Waals surface area (Å²) < 4.78 is 1.76. The van der Waals surface area contributed by atoms with Gasteiger partial charge >= 0.3 is 0 Å². The highest BCUT2D eigenvalue weighted by atomic mass is 16.3. The number of carbonyl (C=O) groups excluding carboxylic acids is 1. The molecule has 2 aromatic rings. The number of rotatable bonds is 7. The Balaban J connectivity index is 1.75. The molecule has 1 aliphatic rings. The van der Waals surface area contributed by atoms with Gasteiger partial charge in [0, 0.05) is 12.5 Å². The van der Waals surface area contributed by atoms with Crippen molar-refractivity contribution in [1.29, 1.82) is 0 Å². The third-order valence-electron chi connectivity index (χ3n) is 4.55. The molecule has 3 rings (SSSR count). The van der Waals surface area contributed by atoms with Crippen LogP contribution in [0.2, 0.25) is 0 Å². The Morgan fingerprint density at radius 1 is 1.38 bits per heavy atom. The summed E-state index contributed by atoms with van der Waals surface area (Å²) in [6.07, 6.45) is 2.47. The largest absolute Gasteiger partial charge is 0.391 e. The van der Waals surface area contributed by atoms with Crippen LogP contribution >= 0.6 is 0 Å². The average Bonchev–Trinajstić information content (AvgIpc) is 3.37. The minimum atomic E-state index is -0.557. The molecule has 1 aromatic heterocycles. The molecule has 0 saturated heterocycles. The van der Waals surface area contributed by atoms with Crippen LogP contribution in [0.15, 0.2) is 30.3 Å². The van der Waals surface area contributed by atoms with Crippen molar-refractivity contribution in [3.63, 3.8) is 0 Å². The second-order valence-corrected chi connectivity index (χ2v) is 6.48. The van der Waals surface area contributed by atoms with Crippen molar-refractivity contribution in [1.82, 2.24) is 20.1 Å². The minimum absolute atomic E-state index is 0.141. The Labute approximate surface area is 141 Å². The van der Waals surface area contributed by atoms with Crippen LogP contribution in [0.5, 0.6) is 0 Å². The Morgan fingerprint density at radius 3 is 2.71 bits per heavy atom. The highest BCUT2D eigenvalue weighted by molar-refractivity contribution is 5.90. The first-order chi connectivity index (χ1) is 11.6. The first-order valence-electron chi connectivity index (χ1n) is 8.58. The summed E-state index contributed by atoms with van der Waals surface area (Å²) >= 11 is 0. The van der Waals surface area contributed by atoms with Crippen molar-refractivity contribution >= 4 is 5.91 Å². The Morgan fingerprint density at radius 2 is 2.08 bits per heavy atom. The molecule has 1 aromatic carbocycles. The van der Waals surface area contributed by atoms with Crippen molar-refractivity contribution in [3.05, 3.63) is 42.0 Å². The Hall–Kier alpha value is -2.21. The Bertz CT molecular complexity index is 694. The summed E-state index contributed by atoms with van der Waals surface area (Å²) in [6.45, 7) is 4.19. The normalized spacial score (nSPS) is 16.6. The number of nitrogens with zero attached hydrogens (tertiary/aromatic N) is 3. The quantitative estimate of drug-likeness (QED) is 0.817. The summed E-state index contributed by atoms with van der Waals surface area (Å²) in [5.74, 6) is 1.19. The predicted octanol–water partition coefficient (Wildman–Crippen LogP) is 2.28. The van der Waals surface area contributed by atoms with Crippen molar-refractivity contribution in [2.24, 2.45) is 5.92 Å². The fourth-order valence-corrected chi connectivity index (χ4v) is 2.53. The number of hydrogen-bond donors (Lipinski definition) is 2. The number of hydrogen-bond acceptors (Lipinski definition) is 4. The van der Waals surface area contributed by atoms with Crippen LogP contribution in [0.4, 0.5) is 0 Å². The van der Waals surface area contributed by atoms with Gasteiger partial charge in [-0.3, -0.25) is 4.79 Å². The van der Waals surface area contributed by atoms with Gasteiger partial charge < -0.3 is 10.4 Å². The van der Waals surface area contributed by atoms with Crippen molar-refractivity contribution < 1.29 is 9.90 Å². The van der Waals surface area contributed by atoms with Gasteiger partial charge in [-0.1, -0.05) is 38.5 Å². The number of amides is 1. The topological polar surface area (TPSA) is 80.0 Å². The molecule has 6 heteroatoms.